The van der Waals surface area contributed by atoms with Crippen LogP contribution in [0, 0.1) is 0 Å². The van der Waals surface area contributed by atoms with Gasteiger partial charge in [-0.15, -0.1) is 0 Å². The van der Waals surface area contributed by atoms with E-state index in [-0.39, 0.29) is 0 Å². The average Bonchev–Trinajstić information content (AvgIpc) is 2.21. The summed E-state index contributed by atoms with van der Waals surface area (Å²) in [7, 11) is 2.02. The zero-order valence-electron chi connectivity index (χ0n) is 9.37. The largest absolute Gasteiger partial charge is 0.383 e. The molecule has 0 aliphatic carbocycles. The molecule has 0 saturated carbocycles. The minimum Gasteiger partial charge on any atom is -0.383 e. The SMILES string of the molecule is CCCC(C)N(C)c1ncnc(N)c1Br. The Morgan fingerprint density at radius 3 is 2.80 bits per heavy atom. The van der Waals surface area contributed by atoms with E-state index in [1.165, 1.54) is 6.33 Å². The van der Waals surface area contributed by atoms with Gasteiger partial charge < -0.3 is 10.6 Å². The van der Waals surface area contributed by atoms with Crippen LogP contribution in [0.5, 0.6) is 0 Å². The third kappa shape index (κ3) is 2.81. The number of anilines is 2. The van der Waals surface area contributed by atoms with Gasteiger partial charge in [-0.2, -0.15) is 0 Å². The quantitative estimate of drug-likeness (QED) is 0.915. The first kappa shape index (κ1) is 12.2. The van der Waals surface area contributed by atoms with Crippen LogP contribution in [0.2, 0.25) is 0 Å². The van der Waals surface area contributed by atoms with Crippen molar-refractivity contribution in [3.8, 4) is 0 Å². The summed E-state index contributed by atoms with van der Waals surface area (Å²) in [6.07, 6.45) is 3.78. The van der Waals surface area contributed by atoms with Crippen molar-refractivity contribution in [2.75, 3.05) is 17.7 Å². The van der Waals surface area contributed by atoms with Crippen molar-refractivity contribution >= 4 is 27.6 Å². The fourth-order valence-electron chi connectivity index (χ4n) is 1.44. The Kier molecular flexibility index (Phi) is 4.32. The van der Waals surface area contributed by atoms with Crippen LogP contribution in [0.4, 0.5) is 11.6 Å². The predicted octanol–water partition coefficient (Wildman–Crippen LogP) is 2.45. The molecule has 5 heteroatoms. The van der Waals surface area contributed by atoms with Crippen molar-refractivity contribution in [2.45, 2.75) is 32.7 Å². The normalized spacial score (nSPS) is 12.5. The molecule has 0 aliphatic rings. The molecule has 1 unspecified atom stereocenters. The Morgan fingerprint density at radius 2 is 2.20 bits per heavy atom. The van der Waals surface area contributed by atoms with Crippen LogP contribution in [-0.2, 0) is 0 Å². The Bertz CT molecular complexity index is 329. The molecule has 1 heterocycles. The number of nitrogens with zero attached hydrogens (tertiary/aromatic N) is 3. The van der Waals surface area contributed by atoms with Gasteiger partial charge in [-0.05, 0) is 29.3 Å². The first-order valence-corrected chi connectivity index (χ1v) is 5.86. The molecule has 0 bridgehead atoms. The maximum atomic E-state index is 5.71. The van der Waals surface area contributed by atoms with Gasteiger partial charge in [0.2, 0.25) is 0 Å². The van der Waals surface area contributed by atoms with Crippen molar-refractivity contribution in [3.05, 3.63) is 10.8 Å². The zero-order valence-corrected chi connectivity index (χ0v) is 11.0. The molecule has 15 heavy (non-hydrogen) atoms. The first-order chi connectivity index (χ1) is 7.07. The van der Waals surface area contributed by atoms with E-state index in [1.807, 2.05) is 7.05 Å². The van der Waals surface area contributed by atoms with Crippen LogP contribution in [0.15, 0.2) is 10.8 Å². The van der Waals surface area contributed by atoms with Gasteiger partial charge in [0.05, 0.1) is 0 Å². The zero-order chi connectivity index (χ0) is 11.4. The van der Waals surface area contributed by atoms with Crippen LogP contribution in [0.1, 0.15) is 26.7 Å². The third-order valence-corrected chi connectivity index (χ3v) is 3.26. The van der Waals surface area contributed by atoms with Crippen LogP contribution in [0.25, 0.3) is 0 Å². The summed E-state index contributed by atoms with van der Waals surface area (Å²) in [5.41, 5.74) is 5.71. The van der Waals surface area contributed by atoms with Crippen LogP contribution in [-0.4, -0.2) is 23.1 Å². The minimum atomic E-state index is 0.445. The number of aromatic nitrogens is 2. The lowest BCUT2D eigenvalue weighted by atomic mass is 10.2. The van der Waals surface area contributed by atoms with Gasteiger partial charge in [-0.3, -0.25) is 0 Å². The molecule has 4 nitrogen and oxygen atoms in total. The Hall–Kier alpha value is -0.840. The van der Waals surface area contributed by atoms with Crippen molar-refractivity contribution in [3.63, 3.8) is 0 Å². The lowest BCUT2D eigenvalue weighted by Crippen LogP contribution is -2.29. The van der Waals surface area contributed by atoms with Crippen molar-refractivity contribution in [2.24, 2.45) is 0 Å². The topological polar surface area (TPSA) is 55.0 Å². The molecule has 84 valence electrons. The number of rotatable bonds is 4. The summed E-state index contributed by atoms with van der Waals surface area (Å²) in [6.45, 7) is 4.35. The standard InChI is InChI=1S/C10H17BrN4/c1-4-5-7(2)15(3)10-8(11)9(12)13-6-14-10/h6-7H,4-5H2,1-3H3,(H2,12,13,14). The van der Waals surface area contributed by atoms with Gasteiger partial charge in [0, 0.05) is 13.1 Å². The molecule has 1 aromatic rings. The van der Waals surface area contributed by atoms with E-state index in [2.05, 4.69) is 44.6 Å². The highest BCUT2D eigenvalue weighted by Crippen LogP contribution is 2.28. The molecule has 0 radical (unpaired) electrons. The van der Waals surface area contributed by atoms with E-state index in [1.54, 1.807) is 0 Å². The summed E-state index contributed by atoms with van der Waals surface area (Å²) in [4.78, 5) is 10.3. The predicted molar refractivity (Wildman–Crippen MR) is 66.9 cm³/mol. The van der Waals surface area contributed by atoms with E-state index in [4.69, 9.17) is 5.73 Å². The molecule has 0 saturated heterocycles. The maximum Gasteiger partial charge on any atom is 0.148 e. The van der Waals surface area contributed by atoms with E-state index < -0.39 is 0 Å². The molecule has 0 spiro atoms. The molecule has 1 atom stereocenters. The summed E-state index contributed by atoms with van der Waals surface area (Å²) >= 11 is 3.41. The molecule has 1 aromatic heterocycles. The van der Waals surface area contributed by atoms with Gasteiger partial charge in [-0.25, -0.2) is 9.97 Å². The summed E-state index contributed by atoms with van der Waals surface area (Å²) in [5.74, 6) is 1.33. The number of nitrogen functional groups attached to an aromatic ring is 1. The smallest absolute Gasteiger partial charge is 0.148 e. The van der Waals surface area contributed by atoms with Gasteiger partial charge in [0.1, 0.15) is 22.4 Å². The second-order valence-electron chi connectivity index (χ2n) is 3.65. The van der Waals surface area contributed by atoms with Crippen LogP contribution < -0.4 is 10.6 Å². The Balaban J connectivity index is 2.90. The maximum absolute atomic E-state index is 5.71. The summed E-state index contributed by atoms with van der Waals surface area (Å²) in [5, 5.41) is 0. The van der Waals surface area contributed by atoms with Gasteiger partial charge in [0.25, 0.3) is 0 Å². The molecule has 0 fully saturated rings. The number of nitrogens with two attached hydrogens (primary N) is 1. The number of hydrogen-bond donors (Lipinski definition) is 1. The summed E-state index contributed by atoms with van der Waals surface area (Å²) < 4.78 is 0.774. The molecular weight excluding hydrogens is 256 g/mol. The fourth-order valence-corrected chi connectivity index (χ4v) is 1.92. The lowest BCUT2D eigenvalue weighted by molar-refractivity contribution is 0.610. The molecule has 0 aliphatic heterocycles. The van der Waals surface area contributed by atoms with Crippen LogP contribution >= 0.6 is 15.9 Å². The van der Waals surface area contributed by atoms with E-state index in [0.29, 0.717) is 11.9 Å². The van der Waals surface area contributed by atoms with Gasteiger partial charge in [0.15, 0.2) is 0 Å². The Labute approximate surface area is 99.0 Å². The van der Waals surface area contributed by atoms with Crippen molar-refractivity contribution in [1.82, 2.24) is 9.97 Å². The van der Waals surface area contributed by atoms with Gasteiger partial charge in [-0.1, -0.05) is 13.3 Å². The molecule has 2 N–H and O–H groups in total. The number of halogens is 1. The Morgan fingerprint density at radius 1 is 1.53 bits per heavy atom. The van der Waals surface area contributed by atoms with E-state index in [9.17, 15) is 0 Å². The highest BCUT2D eigenvalue weighted by atomic mass is 79.9. The highest BCUT2D eigenvalue weighted by molar-refractivity contribution is 9.10. The minimum absolute atomic E-state index is 0.445. The van der Waals surface area contributed by atoms with Crippen molar-refractivity contribution in [1.29, 1.82) is 0 Å². The molecule has 0 aromatic carbocycles. The van der Waals surface area contributed by atoms with Gasteiger partial charge >= 0.3 is 0 Å². The fraction of sp³-hybridized carbons (Fsp3) is 0.600. The molecular formula is C10H17BrN4. The first-order valence-electron chi connectivity index (χ1n) is 5.06. The molecule has 0 amide bonds. The van der Waals surface area contributed by atoms with Crippen molar-refractivity contribution < 1.29 is 0 Å². The number of hydrogen-bond acceptors (Lipinski definition) is 4. The second-order valence-corrected chi connectivity index (χ2v) is 4.44. The lowest BCUT2D eigenvalue weighted by Gasteiger charge is -2.26. The second kappa shape index (κ2) is 5.30. The van der Waals surface area contributed by atoms with E-state index in [0.717, 1.165) is 23.1 Å². The molecule has 1 rings (SSSR count). The monoisotopic (exact) mass is 272 g/mol. The highest BCUT2D eigenvalue weighted by Gasteiger charge is 2.15. The summed E-state index contributed by atoms with van der Waals surface area (Å²) in [6, 6.07) is 0.445. The third-order valence-electron chi connectivity index (χ3n) is 2.50. The van der Waals surface area contributed by atoms with Crippen LogP contribution in [0.3, 0.4) is 0 Å². The van der Waals surface area contributed by atoms with E-state index >= 15 is 0 Å². The average molecular weight is 273 g/mol.